The molecule has 0 radical (unpaired) electrons. The lowest BCUT2D eigenvalue weighted by Gasteiger charge is -2.31. The number of ketones is 2. The van der Waals surface area contributed by atoms with Crippen molar-refractivity contribution in [2.75, 3.05) is 43.1 Å². The van der Waals surface area contributed by atoms with Gasteiger partial charge in [-0.3, -0.25) is 19.2 Å². The molecule has 0 saturated carbocycles. The molecule has 4 aromatic heterocycles. The number of carbonyl (C=O) groups is 4. The number of halogens is 4. The minimum atomic E-state index is -2.76. The van der Waals surface area contributed by atoms with Crippen molar-refractivity contribution >= 4 is 46.7 Å². The number of Topliss-reactive ketones (excluding diaryl/α,β-unsaturated/α-hetero) is 2. The van der Waals surface area contributed by atoms with Gasteiger partial charge in [0.15, 0.2) is 36.3 Å². The van der Waals surface area contributed by atoms with Crippen LogP contribution in [0.4, 0.5) is 24.8 Å². The second-order valence-corrected chi connectivity index (χ2v) is 14.7. The standard InChI is InChI=1S/C19H17ClF2N6O4.C19H19FN6O5/c20-11-1-2-12(18(21)22)13(7-11)17(31)10-3-5-27(6-4-10)15-8-14(32-25-15)19-23-26-28(24-19)9-16(29)30;1-30-14-3-2-12(20)8-13(14)18(29)11-4-6-25(7-5-11)16-9-15(31-23-16)19-21-24-26(22-19)10-17(27)28/h1-2,7-8,10,18H,3-6,9H2,(H,29,30);2-3,8-9,11H,4-7,10H2,1H3,(H,27,28). The molecule has 21 nitrogen and oxygen atoms in total. The van der Waals surface area contributed by atoms with Crippen LogP contribution in [0.5, 0.6) is 5.75 Å². The van der Waals surface area contributed by atoms with E-state index in [0.717, 1.165) is 9.59 Å². The van der Waals surface area contributed by atoms with Crippen molar-refractivity contribution < 1.29 is 56.3 Å². The highest BCUT2D eigenvalue weighted by Gasteiger charge is 2.32. The molecule has 63 heavy (non-hydrogen) atoms. The zero-order valence-electron chi connectivity index (χ0n) is 33.1. The maximum atomic E-state index is 13.6. The molecule has 2 aliphatic rings. The Kier molecular flexibility index (Phi) is 13.4. The molecule has 0 spiro atoms. The van der Waals surface area contributed by atoms with Crippen LogP contribution in [-0.2, 0) is 22.7 Å². The van der Waals surface area contributed by atoms with Gasteiger partial charge < -0.3 is 33.8 Å². The van der Waals surface area contributed by atoms with Gasteiger partial charge in [0.25, 0.3) is 6.43 Å². The quantitative estimate of drug-likeness (QED) is 0.140. The maximum absolute atomic E-state index is 13.6. The fourth-order valence-corrected chi connectivity index (χ4v) is 7.26. The summed E-state index contributed by atoms with van der Waals surface area (Å²) in [4.78, 5) is 52.9. The van der Waals surface area contributed by atoms with Crippen LogP contribution in [0.2, 0.25) is 5.02 Å². The average molecular weight is 897 g/mol. The van der Waals surface area contributed by atoms with E-state index in [1.165, 1.54) is 43.5 Å². The number of ether oxygens (including phenoxy) is 1. The summed E-state index contributed by atoms with van der Waals surface area (Å²) < 4.78 is 55.9. The number of carbonyl (C=O) groups excluding carboxylic acids is 2. The van der Waals surface area contributed by atoms with Crippen LogP contribution in [0.3, 0.4) is 0 Å². The first-order valence-corrected chi connectivity index (χ1v) is 19.6. The highest BCUT2D eigenvalue weighted by atomic mass is 35.5. The van der Waals surface area contributed by atoms with Gasteiger partial charge in [-0.1, -0.05) is 28.0 Å². The minimum Gasteiger partial charge on any atom is -0.496 e. The summed E-state index contributed by atoms with van der Waals surface area (Å²) in [5, 5.41) is 48.4. The van der Waals surface area contributed by atoms with Crippen LogP contribution >= 0.6 is 11.6 Å². The smallest absolute Gasteiger partial charge is 0.327 e. The van der Waals surface area contributed by atoms with Crippen molar-refractivity contribution in [3.8, 4) is 28.9 Å². The number of alkyl halides is 2. The number of nitrogens with zero attached hydrogens (tertiary/aromatic N) is 12. The molecule has 0 bridgehead atoms. The summed E-state index contributed by atoms with van der Waals surface area (Å²) >= 11 is 5.92. The molecule has 2 aliphatic heterocycles. The highest BCUT2D eigenvalue weighted by Crippen LogP contribution is 2.33. The number of tetrazole rings is 2. The Balaban J connectivity index is 0.000000189. The van der Waals surface area contributed by atoms with Crippen LogP contribution in [-0.4, -0.2) is 118 Å². The molecular formula is C38H36ClF3N12O9. The van der Waals surface area contributed by atoms with Crippen LogP contribution in [0.1, 0.15) is 58.4 Å². The number of anilines is 2. The van der Waals surface area contributed by atoms with Gasteiger partial charge in [0.2, 0.25) is 23.2 Å². The van der Waals surface area contributed by atoms with E-state index in [1.54, 1.807) is 12.1 Å². The predicted molar refractivity (Wildman–Crippen MR) is 210 cm³/mol. The topological polar surface area (TPSA) is 264 Å². The molecule has 0 amide bonds. The first-order chi connectivity index (χ1) is 30.3. The fraction of sp³-hybridized carbons (Fsp3) is 0.368. The number of benzene rings is 2. The van der Waals surface area contributed by atoms with Crippen LogP contribution in [0, 0.1) is 17.7 Å². The Labute approximate surface area is 358 Å². The largest absolute Gasteiger partial charge is 0.496 e. The Hall–Kier alpha value is -7.24. The number of carboxylic acid groups (broad SMARTS) is 2. The number of hydrogen-bond donors (Lipinski definition) is 2. The Morgan fingerprint density at radius 1 is 0.746 bits per heavy atom. The van der Waals surface area contributed by atoms with Crippen molar-refractivity contribution in [2.45, 2.75) is 45.2 Å². The normalized spacial score (nSPS) is 14.7. The zero-order chi connectivity index (χ0) is 44.8. The van der Waals surface area contributed by atoms with E-state index in [1.807, 2.05) is 9.80 Å². The molecule has 2 fully saturated rings. The van der Waals surface area contributed by atoms with Gasteiger partial charge in [0.1, 0.15) is 11.6 Å². The molecule has 25 heteroatoms. The average Bonchev–Trinajstić information content (AvgIpc) is 4.11. The van der Waals surface area contributed by atoms with Crippen LogP contribution in [0.15, 0.2) is 57.6 Å². The Bertz CT molecular complexity index is 2600. The second-order valence-electron chi connectivity index (χ2n) is 14.3. The molecule has 8 rings (SSSR count). The van der Waals surface area contributed by atoms with Crippen molar-refractivity contribution in [2.24, 2.45) is 11.8 Å². The third-order valence-corrected chi connectivity index (χ3v) is 10.5. The lowest BCUT2D eigenvalue weighted by atomic mass is 9.87. The van der Waals surface area contributed by atoms with Crippen LogP contribution < -0.4 is 14.5 Å². The number of carboxylic acids is 2. The third kappa shape index (κ3) is 10.5. The number of aliphatic carboxylic acids is 2. The van der Waals surface area contributed by atoms with E-state index in [2.05, 4.69) is 41.1 Å². The summed E-state index contributed by atoms with van der Waals surface area (Å²) in [6.07, 6.45) is -0.740. The van der Waals surface area contributed by atoms with E-state index < -0.39 is 43.2 Å². The van der Waals surface area contributed by atoms with E-state index >= 15 is 0 Å². The maximum Gasteiger partial charge on any atom is 0.327 e. The zero-order valence-corrected chi connectivity index (χ0v) is 33.8. The van der Waals surface area contributed by atoms with Crippen LogP contribution in [0.25, 0.3) is 23.2 Å². The number of piperidine rings is 2. The number of hydrogen-bond acceptors (Lipinski definition) is 17. The summed E-state index contributed by atoms with van der Waals surface area (Å²) in [5.41, 5.74) is -0.100. The van der Waals surface area contributed by atoms with E-state index in [-0.39, 0.29) is 62.4 Å². The molecule has 0 atom stereocenters. The van der Waals surface area contributed by atoms with Crippen molar-refractivity contribution in [1.29, 1.82) is 0 Å². The molecule has 6 heterocycles. The number of aromatic nitrogens is 10. The van der Waals surface area contributed by atoms with Gasteiger partial charge in [0, 0.05) is 66.3 Å². The SMILES string of the molecule is COc1ccc(F)cc1C(=O)C1CCN(c2cc(-c3nnn(CC(=O)O)n3)on2)CC1.O=C(O)Cn1nnc(-c2cc(N3CCC(C(=O)c4cc(Cl)ccc4C(F)F)CC3)no2)n1. The van der Waals surface area contributed by atoms with Gasteiger partial charge in [-0.05, 0) is 66.4 Å². The van der Waals surface area contributed by atoms with Crippen molar-refractivity contribution in [1.82, 2.24) is 50.7 Å². The van der Waals surface area contributed by atoms with E-state index in [9.17, 15) is 32.3 Å². The second kappa shape index (κ2) is 19.2. The number of methoxy groups -OCH3 is 1. The molecule has 0 aliphatic carbocycles. The third-order valence-electron chi connectivity index (χ3n) is 10.2. The highest BCUT2D eigenvalue weighted by molar-refractivity contribution is 6.31. The van der Waals surface area contributed by atoms with Gasteiger partial charge >= 0.3 is 11.9 Å². The first kappa shape index (κ1) is 43.8. The Morgan fingerprint density at radius 2 is 1.24 bits per heavy atom. The van der Waals surface area contributed by atoms with Gasteiger partial charge in [-0.2, -0.15) is 9.59 Å². The van der Waals surface area contributed by atoms with Gasteiger partial charge in [-0.15, -0.1) is 20.4 Å². The first-order valence-electron chi connectivity index (χ1n) is 19.2. The summed E-state index contributed by atoms with van der Waals surface area (Å²) in [6, 6.07) is 11.0. The van der Waals surface area contributed by atoms with Crippen molar-refractivity contribution in [3.05, 3.63) is 76.1 Å². The van der Waals surface area contributed by atoms with Crippen molar-refractivity contribution in [3.63, 3.8) is 0 Å². The fourth-order valence-electron chi connectivity index (χ4n) is 7.09. The monoisotopic (exact) mass is 896 g/mol. The number of rotatable bonds is 14. The lowest BCUT2D eigenvalue weighted by molar-refractivity contribution is -0.139. The molecular weight excluding hydrogens is 861 g/mol. The summed E-state index contributed by atoms with van der Waals surface area (Å²) in [5.74, 6) is -1.72. The Morgan fingerprint density at radius 3 is 1.70 bits per heavy atom. The molecule has 2 aromatic carbocycles. The molecule has 2 saturated heterocycles. The minimum absolute atomic E-state index is 0.0369. The predicted octanol–water partition coefficient (Wildman–Crippen LogP) is 4.76. The van der Waals surface area contributed by atoms with Gasteiger partial charge in [0.05, 0.1) is 12.7 Å². The molecule has 2 N–H and O–H groups in total. The summed E-state index contributed by atoms with van der Waals surface area (Å²) in [7, 11) is 1.45. The molecule has 6 aromatic rings. The van der Waals surface area contributed by atoms with E-state index in [0.29, 0.717) is 69.2 Å². The lowest BCUT2D eigenvalue weighted by Crippen LogP contribution is -2.36. The summed E-state index contributed by atoms with van der Waals surface area (Å²) in [6.45, 7) is 1.19. The van der Waals surface area contributed by atoms with Gasteiger partial charge in [-0.25, -0.2) is 13.2 Å². The van der Waals surface area contributed by atoms with E-state index in [4.69, 9.17) is 35.6 Å². The molecule has 0 unspecified atom stereocenters. The molecule has 330 valence electrons.